The highest BCUT2D eigenvalue weighted by Crippen LogP contribution is 2.27. The van der Waals surface area contributed by atoms with E-state index < -0.39 is 0 Å². The SMILES string of the molecule is CC(=O)c1ccc(NC(=O)C2Cc3ccccc3C2)cc1. The molecule has 0 spiro atoms. The van der Waals surface area contributed by atoms with Crippen LogP contribution < -0.4 is 5.32 Å². The molecule has 0 atom stereocenters. The minimum atomic E-state index is -0.00474. The first kappa shape index (κ1) is 13.6. The quantitative estimate of drug-likeness (QED) is 0.877. The van der Waals surface area contributed by atoms with Crippen LogP contribution in [0, 0.1) is 5.92 Å². The molecular formula is C18H17NO2. The molecule has 0 aromatic heterocycles. The highest BCUT2D eigenvalue weighted by molar-refractivity contribution is 5.96. The smallest absolute Gasteiger partial charge is 0.228 e. The number of carbonyl (C=O) groups is 2. The Morgan fingerprint density at radius 2 is 1.52 bits per heavy atom. The molecule has 1 N–H and O–H groups in total. The molecule has 0 unspecified atom stereocenters. The van der Waals surface area contributed by atoms with Gasteiger partial charge < -0.3 is 5.32 Å². The van der Waals surface area contributed by atoms with Crippen molar-refractivity contribution in [3.05, 3.63) is 65.2 Å². The lowest BCUT2D eigenvalue weighted by Gasteiger charge is -2.10. The van der Waals surface area contributed by atoms with Crippen LogP contribution in [0.3, 0.4) is 0 Å². The minimum Gasteiger partial charge on any atom is -0.326 e. The van der Waals surface area contributed by atoms with E-state index in [0.717, 1.165) is 18.5 Å². The molecular weight excluding hydrogens is 262 g/mol. The van der Waals surface area contributed by atoms with Crippen LogP contribution in [0.4, 0.5) is 5.69 Å². The van der Waals surface area contributed by atoms with Gasteiger partial charge in [-0.1, -0.05) is 24.3 Å². The Morgan fingerprint density at radius 1 is 0.952 bits per heavy atom. The van der Waals surface area contributed by atoms with Crippen molar-refractivity contribution in [1.82, 2.24) is 0 Å². The largest absolute Gasteiger partial charge is 0.326 e. The van der Waals surface area contributed by atoms with Crippen LogP contribution in [0.1, 0.15) is 28.4 Å². The minimum absolute atomic E-state index is 0.00474. The number of hydrogen-bond donors (Lipinski definition) is 1. The number of anilines is 1. The predicted molar refractivity (Wildman–Crippen MR) is 82.4 cm³/mol. The van der Waals surface area contributed by atoms with E-state index in [9.17, 15) is 9.59 Å². The van der Waals surface area contributed by atoms with Crippen molar-refractivity contribution >= 4 is 17.4 Å². The van der Waals surface area contributed by atoms with Gasteiger partial charge in [0, 0.05) is 17.2 Å². The average molecular weight is 279 g/mol. The zero-order chi connectivity index (χ0) is 14.8. The van der Waals surface area contributed by atoms with Crippen molar-refractivity contribution < 1.29 is 9.59 Å². The molecule has 106 valence electrons. The maximum Gasteiger partial charge on any atom is 0.228 e. The van der Waals surface area contributed by atoms with Crippen molar-refractivity contribution in [3.63, 3.8) is 0 Å². The number of rotatable bonds is 3. The molecule has 0 aliphatic heterocycles. The number of Topliss-reactive ketones (excluding diaryl/α,β-unsaturated/α-hetero) is 1. The van der Waals surface area contributed by atoms with E-state index >= 15 is 0 Å². The Morgan fingerprint density at radius 3 is 2.05 bits per heavy atom. The summed E-state index contributed by atoms with van der Waals surface area (Å²) in [5, 5.41) is 2.93. The fraction of sp³-hybridized carbons (Fsp3) is 0.222. The number of carbonyl (C=O) groups excluding carboxylic acids is 2. The van der Waals surface area contributed by atoms with E-state index in [-0.39, 0.29) is 17.6 Å². The maximum atomic E-state index is 12.3. The van der Waals surface area contributed by atoms with Gasteiger partial charge in [-0.2, -0.15) is 0 Å². The lowest BCUT2D eigenvalue weighted by molar-refractivity contribution is -0.119. The van der Waals surface area contributed by atoms with Crippen molar-refractivity contribution in [2.45, 2.75) is 19.8 Å². The number of nitrogens with one attached hydrogen (secondary N) is 1. The summed E-state index contributed by atoms with van der Waals surface area (Å²) in [6.07, 6.45) is 1.60. The number of hydrogen-bond acceptors (Lipinski definition) is 2. The van der Waals surface area contributed by atoms with Gasteiger partial charge in [-0.3, -0.25) is 9.59 Å². The Labute approximate surface area is 124 Å². The molecule has 0 saturated carbocycles. The second-order valence-electron chi connectivity index (χ2n) is 5.50. The maximum absolute atomic E-state index is 12.3. The van der Waals surface area contributed by atoms with Crippen molar-refractivity contribution in [2.75, 3.05) is 5.32 Å². The fourth-order valence-electron chi connectivity index (χ4n) is 2.78. The van der Waals surface area contributed by atoms with Gasteiger partial charge >= 0.3 is 0 Å². The highest BCUT2D eigenvalue weighted by atomic mass is 16.2. The Balaban J connectivity index is 1.66. The summed E-state index contributed by atoms with van der Waals surface area (Å²) in [4.78, 5) is 23.6. The first-order chi connectivity index (χ1) is 10.1. The van der Waals surface area contributed by atoms with Crippen molar-refractivity contribution in [1.29, 1.82) is 0 Å². The monoisotopic (exact) mass is 279 g/mol. The van der Waals surface area contributed by atoms with Gasteiger partial charge in [0.15, 0.2) is 5.78 Å². The summed E-state index contributed by atoms with van der Waals surface area (Å²) >= 11 is 0. The molecule has 2 aromatic rings. The lowest BCUT2D eigenvalue weighted by Crippen LogP contribution is -2.23. The van der Waals surface area contributed by atoms with Crippen LogP contribution in [0.15, 0.2) is 48.5 Å². The van der Waals surface area contributed by atoms with Crippen molar-refractivity contribution in [2.24, 2.45) is 5.92 Å². The summed E-state index contributed by atoms with van der Waals surface area (Å²) in [5.74, 6) is 0.0655. The van der Waals surface area contributed by atoms with Gasteiger partial charge in [-0.15, -0.1) is 0 Å². The normalized spacial score (nSPS) is 13.8. The summed E-state index contributed by atoms with van der Waals surface area (Å²) in [6, 6.07) is 15.2. The van der Waals surface area contributed by atoms with Gasteiger partial charge in [-0.25, -0.2) is 0 Å². The average Bonchev–Trinajstić information content (AvgIpc) is 2.92. The molecule has 0 fully saturated rings. The summed E-state index contributed by atoms with van der Waals surface area (Å²) < 4.78 is 0. The summed E-state index contributed by atoms with van der Waals surface area (Å²) in [5.41, 5.74) is 3.93. The summed E-state index contributed by atoms with van der Waals surface area (Å²) in [6.45, 7) is 1.53. The van der Waals surface area contributed by atoms with Gasteiger partial charge in [0.25, 0.3) is 0 Å². The van der Waals surface area contributed by atoms with Crippen LogP contribution in [0.2, 0.25) is 0 Å². The predicted octanol–water partition coefficient (Wildman–Crippen LogP) is 3.24. The third-order valence-electron chi connectivity index (χ3n) is 3.98. The molecule has 3 rings (SSSR count). The van der Waals surface area contributed by atoms with E-state index in [1.54, 1.807) is 24.3 Å². The van der Waals surface area contributed by atoms with Crippen LogP contribution in [0.25, 0.3) is 0 Å². The highest BCUT2D eigenvalue weighted by Gasteiger charge is 2.26. The lowest BCUT2D eigenvalue weighted by atomic mass is 10.1. The zero-order valence-corrected chi connectivity index (χ0v) is 11.9. The topological polar surface area (TPSA) is 46.2 Å². The van der Waals surface area contributed by atoms with Crippen LogP contribution in [-0.4, -0.2) is 11.7 Å². The van der Waals surface area contributed by atoms with Gasteiger partial charge in [0.2, 0.25) is 5.91 Å². The van der Waals surface area contributed by atoms with Gasteiger partial charge in [0.05, 0.1) is 0 Å². The van der Waals surface area contributed by atoms with Gasteiger partial charge in [-0.05, 0) is 55.2 Å². The molecule has 0 saturated heterocycles. The molecule has 0 heterocycles. The van der Waals surface area contributed by atoms with Crippen LogP contribution in [0.5, 0.6) is 0 Å². The molecule has 1 amide bonds. The number of ketones is 1. The van der Waals surface area contributed by atoms with E-state index in [0.29, 0.717) is 5.56 Å². The molecule has 0 radical (unpaired) electrons. The molecule has 1 aliphatic rings. The van der Waals surface area contributed by atoms with E-state index in [1.165, 1.54) is 18.1 Å². The molecule has 2 aromatic carbocycles. The zero-order valence-electron chi connectivity index (χ0n) is 11.9. The first-order valence-electron chi connectivity index (χ1n) is 7.12. The third kappa shape index (κ3) is 2.87. The standard InChI is InChI=1S/C18H17NO2/c1-12(20)13-6-8-17(9-7-13)19-18(21)16-10-14-4-2-3-5-15(14)11-16/h2-9,16H,10-11H2,1H3,(H,19,21). The van der Waals surface area contributed by atoms with Gasteiger partial charge in [0.1, 0.15) is 0 Å². The number of fused-ring (bicyclic) bond motifs is 1. The van der Waals surface area contributed by atoms with E-state index in [2.05, 4.69) is 17.4 Å². The Bertz CT molecular complexity index is 664. The second-order valence-corrected chi connectivity index (χ2v) is 5.50. The molecule has 3 heteroatoms. The Hall–Kier alpha value is -2.42. The first-order valence-corrected chi connectivity index (χ1v) is 7.12. The Kier molecular flexibility index (Phi) is 3.57. The molecule has 3 nitrogen and oxygen atoms in total. The van der Waals surface area contributed by atoms with E-state index in [1.807, 2.05) is 12.1 Å². The van der Waals surface area contributed by atoms with E-state index in [4.69, 9.17) is 0 Å². The molecule has 0 bridgehead atoms. The molecule has 21 heavy (non-hydrogen) atoms. The number of amides is 1. The second kappa shape index (κ2) is 5.52. The fourth-order valence-corrected chi connectivity index (χ4v) is 2.78. The number of benzene rings is 2. The summed E-state index contributed by atoms with van der Waals surface area (Å²) in [7, 11) is 0. The van der Waals surface area contributed by atoms with Crippen LogP contribution in [-0.2, 0) is 17.6 Å². The van der Waals surface area contributed by atoms with Crippen molar-refractivity contribution in [3.8, 4) is 0 Å². The molecule has 1 aliphatic carbocycles. The third-order valence-corrected chi connectivity index (χ3v) is 3.98. The van der Waals surface area contributed by atoms with Crippen LogP contribution >= 0.6 is 0 Å².